The van der Waals surface area contributed by atoms with Crippen LogP contribution >= 0.6 is 45.5 Å². The van der Waals surface area contributed by atoms with Crippen LogP contribution in [0.3, 0.4) is 0 Å². The summed E-state index contributed by atoms with van der Waals surface area (Å²) in [5, 5.41) is 36.1. The number of hydrogen-bond acceptors (Lipinski definition) is 27. The first-order chi connectivity index (χ1) is 69.4. The lowest BCUT2D eigenvalue weighted by molar-refractivity contribution is 0.416. The molecular weight excluding hydrogens is 1810 g/mol. The molecule has 15 aromatic rings. The highest BCUT2D eigenvalue weighted by Gasteiger charge is 1.72. The molecule has 0 bridgehead atoms. The van der Waals surface area contributed by atoms with Crippen LogP contribution in [0.25, 0.3) is 0 Å². The summed E-state index contributed by atoms with van der Waals surface area (Å²) in [6.45, 7) is 118. The average molecular weight is 2040 g/mol. The van der Waals surface area contributed by atoms with E-state index in [-0.39, 0.29) is 0 Å². The van der Waals surface area contributed by atoms with E-state index in [2.05, 4.69) is 142 Å². The molecule has 139 heavy (non-hydrogen) atoms. The number of aromatic amines is 2. The van der Waals surface area contributed by atoms with Crippen LogP contribution in [0.2, 0.25) is 0 Å². The van der Waals surface area contributed by atoms with Gasteiger partial charge in [-0.1, -0.05) is 461 Å². The van der Waals surface area contributed by atoms with E-state index in [1.54, 1.807) is 169 Å². The van der Waals surface area contributed by atoms with E-state index < -0.39 is 0 Å². The molecule has 14 heterocycles. The zero-order valence-electron chi connectivity index (χ0n) is 101. The molecule has 14 aromatic heterocycles. The van der Waals surface area contributed by atoms with Crippen LogP contribution in [0.5, 0.6) is 0 Å². The lowest BCUT2D eigenvalue weighted by Gasteiger charge is -1.82. The van der Waals surface area contributed by atoms with Crippen molar-refractivity contribution in [3.8, 4) is 0 Å². The van der Waals surface area contributed by atoms with Crippen molar-refractivity contribution >= 4 is 45.5 Å². The van der Waals surface area contributed by atoms with Gasteiger partial charge < -0.3 is 22.8 Å². The maximum absolute atomic E-state index is 4.58. The van der Waals surface area contributed by atoms with Crippen LogP contribution in [0.1, 0.15) is 407 Å². The number of pyridine rings is 1. The smallest absolute Gasteiger partial charge is 0.213 e. The van der Waals surface area contributed by atoms with Gasteiger partial charge in [0, 0.05) is 98.3 Å². The van der Waals surface area contributed by atoms with Gasteiger partial charge in [0.15, 0.2) is 12.7 Å². The summed E-state index contributed by atoms with van der Waals surface area (Å²) < 4.78 is 21.3. The molecule has 0 saturated carbocycles. The second kappa shape index (κ2) is 400. The highest BCUT2D eigenvalue weighted by atomic mass is 32.1. The minimum absolute atomic E-state index is 1.26. The molecule has 0 aliphatic rings. The second-order valence-corrected chi connectivity index (χ2v) is 15.1. The molecule has 822 valence electrons. The zero-order chi connectivity index (χ0) is 115. The van der Waals surface area contributed by atoms with Gasteiger partial charge in [-0.15, -0.1) is 43.1 Å². The summed E-state index contributed by atoms with van der Waals surface area (Å²) in [5.74, 6) is 0. The van der Waals surface area contributed by atoms with Gasteiger partial charge in [-0.25, -0.2) is 29.9 Å². The largest absolute Gasteiger partial charge is 0.473 e. The molecule has 0 spiro atoms. The van der Waals surface area contributed by atoms with Crippen molar-refractivity contribution in [2.45, 2.75) is 409 Å². The van der Waals surface area contributed by atoms with Gasteiger partial charge in [-0.2, -0.15) is 31.0 Å². The Morgan fingerprint density at radius 1 is 0.223 bits per heavy atom. The highest BCUT2D eigenvalue weighted by Crippen LogP contribution is 1.93. The normalized spacial score (nSPS) is 5.95. The van der Waals surface area contributed by atoms with Crippen LogP contribution < -0.4 is 0 Å². The molecule has 25 nitrogen and oxygen atoms in total. The first-order valence-electron chi connectivity index (χ1n) is 51.6. The number of H-pyrrole nitrogens is 2. The Bertz CT molecular complexity index is 2220. The third kappa shape index (κ3) is 393. The van der Waals surface area contributed by atoms with E-state index in [9.17, 15) is 0 Å². The minimum atomic E-state index is 1.26. The number of aryl methyl sites for hydroxylation is 1. The topological polar surface area (TPSA) is 329 Å². The number of nitrogens with one attached hydrogen (secondary N) is 2. The molecule has 0 atom stereocenters. The quantitative estimate of drug-likeness (QED) is 0.142. The Kier molecular flexibility index (Phi) is 606. The molecule has 15 rings (SSSR count). The fraction of sp³-hybridized carbons (Fsp3) is 0.536. The van der Waals surface area contributed by atoms with E-state index >= 15 is 0 Å². The highest BCUT2D eigenvalue weighted by molar-refractivity contribution is 7.08. The van der Waals surface area contributed by atoms with Gasteiger partial charge in [0.25, 0.3) is 0 Å². The summed E-state index contributed by atoms with van der Waals surface area (Å²) in [6.07, 6.45) is 42.9. The number of imidazole rings is 1. The van der Waals surface area contributed by atoms with Gasteiger partial charge in [0.1, 0.15) is 35.4 Å². The van der Waals surface area contributed by atoms with Crippen molar-refractivity contribution in [1.29, 1.82) is 0 Å². The predicted molar refractivity (Wildman–Crippen MR) is 638 cm³/mol. The van der Waals surface area contributed by atoms with Crippen molar-refractivity contribution in [3.05, 3.63) is 310 Å². The second-order valence-electron chi connectivity index (χ2n) is 12.2. The SMILES string of the molecule is CC.CC.CC.CC.CC.CC.CC.CC.CC.CC.CC.CC.CC.CC.CC.CC.CC.CC.CC.CC.CC.CC.CC.CC.CC.CC.CC.CC.CC.Cc1ccccc1.c1c[nH]cn1.c1ccncc1.c1ccnnc1.c1ccoc1.c1ccsc1.c1cn[nH]c1.c1cnccn1.c1cncnc1.c1cocn1.c1cscn1.c1ncon1.c1ncsn1.c1nnco1.c1nncs1. The Labute approximate surface area is 880 Å². The lowest BCUT2D eigenvalue weighted by atomic mass is 10.2. The number of oxazole rings is 1. The molecule has 0 radical (unpaired) electrons. The zero-order valence-corrected chi connectivity index (χ0v) is 104. The number of benzene rings is 1. The average Bonchev–Trinajstić information content (AvgIpc) is 2.00. The van der Waals surface area contributed by atoms with Crippen molar-refractivity contribution in [3.63, 3.8) is 0 Å². The van der Waals surface area contributed by atoms with Crippen LogP contribution in [-0.2, 0) is 0 Å². The number of furan rings is 1. The minimum Gasteiger partial charge on any atom is -0.473 e. The summed E-state index contributed by atoms with van der Waals surface area (Å²) in [6, 6.07) is 30.9. The fourth-order valence-electron chi connectivity index (χ4n) is 3.39. The van der Waals surface area contributed by atoms with E-state index in [0.717, 1.165) is 0 Å². The number of thiazole rings is 1. The maximum atomic E-state index is 4.58. The van der Waals surface area contributed by atoms with Crippen LogP contribution in [-0.4, -0.2) is 105 Å². The van der Waals surface area contributed by atoms with Gasteiger partial charge in [-0.3, -0.25) is 25.0 Å². The van der Waals surface area contributed by atoms with Crippen molar-refractivity contribution in [1.82, 2.24) is 105 Å². The molecule has 0 aliphatic heterocycles. The summed E-state index contributed by atoms with van der Waals surface area (Å²) >= 11 is 6.16. The van der Waals surface area contributed by atoms with Gasteiger partial charge in [0.2, 0.25) is 19.2 Å². The van der Waals surface area contributed by atoms with Crippen molar-refractivity contribution in [2.75, 3.05) is 0 Å². The van der Waals surface area contributed by atoms with Gasteiger partial charge in [0.05, 0.1) is 30.6 Å². The van der Waals surface area contributed by atoms with Crippen molar-refractivity contribution in [2.24, 2.45) is 0 Å². The Balaban J connectivity index is -0.0000000333. The summed E-state index contributed by atoms with van der Waals surface area (Å²) in [5.41, 5.74) is 8.16. The third-order valence-corrected chi connectivity index (χ3v) is 8.45. The van der Waals surface area contributed by atoms with E-state index in [0.29, 0.717) is 0 Å². The number of thiophene rings is 1. The number of rotatable bonds is 0. The molecule has 0 fully saturated rings. The molecule has 0 unspecified atom stereocenters. The lowest BCUT2D eigenvalue weighted by Crippen LogP contribution is -1.69. The molecular formula is C110H229N21O4S4. The fourth-order valence-corrected chi connectivity index (χ4v) is 4.74. The molecule has 29 heteroatoms. The molecule has 2 N–H and O–H groups in total. The Morgan fingerprint density at radius 2 is 0.619 bits per heavy atom. The van der Waals surface area contributed by atoms with Crippen LogP contribution in [0, 0.1) is 6.92 Å². The third-order valence-electron chi connectivity index (χ3n) is 6.43. The van der Waals surface area contributed by atoms with Gasteiger partial charge in [-0.05, 0) is 77.7 Å². The van der Waals surface area contributed by atoms with Gasteiger partial charge >= 0.3 is 0 Å². The maximum Gasteiger partial charge on any atom is 0.213 e. The number of nitrogens with zero attached hydrogens (tertiary/aromatic N) is 19. The summed E-state index contributed by atoms with van der Waals surface area (Å²) in [4.78, 5) is 39.4. The molecule has 0 aliphatic carbocycles. The van der Waals surface area contributed by atoms with E-state index in [1.807, 2.05) is 497 Å². The van der Waals surface area contributed by atoms with Crippen LogP contribution in [0.15, 0.2) is 322 Å². The van der Waals surface area contributed by atoms with E-state index in [1.165, 1.54) is 79.3 Å². The van der Waals surface area contributed by atoms with Crippen LogP contribution in [0.4, 0.5) is 0 Å². The Hall–Kier alpha value is -10.7. The number of aromatic nitrogens is 21. The summed E-state index contributed by atoms with van der Waals surface area (Å²) in [7, 11) is 0. The Morgan fingerprint density at radius 3 is 0.734 bits per heavy atom. The standard InChI is InChI=1S/C7H8.C5H5N.3C4H4N2.C4H4O.C4H4S.2C3H4N2.C3H3NO.C3H3NS.2C2H2N2O.2C2H2N2S.29C2H6/c1-7-5-3-2-4-6-7;1-2-4-6-5-3-1;1-2-6-4-3-5-1;1-2-5-4-6-3-1;1-2-4-6-5-3-1;2*1-2-4-5-3-1;1-2-5-3-4-1;1-2-4-5-3-1;2*1-2-5-3-4-1;1-3-4-2-5-1;1-3-2-5-4-1;1-3-4-2-5-1;1-3-2-5-4-1;29*1-2/h2-6H,1H3;1-5H;3*1-4H;2*1-4H;2*1-3H,(H,4,5);2*1-3H;4*1-2H;29*1-2H3. The molecule has 0 saturated heterocycles. The first-order valence-corrected chi connectivity index (χ1v) is 55.3. The van der Waals surface area contributed by atoms with Crippen molar-refractivity contribution < 1.29 is 17.8 Å². The predicted octanol–water partition coefficient (Wildman–Crippen LogP) is 41.1. The first kappa shape index (κ1) is 211. The molecule has 0 amide bonds. The van der Waals surface area contributed by atoms with E-state index in [4.69, 9.17) is 0 Å². The monoisotopic (exact) mass is 2040 g/mol. The number of hydrogen-bond donors (Lipinski definition) is 2. The molecule has 1 aromatic carbocycles.